The van der Waals surface area contributed by atoms with Crippen LogP contribution in [0.25, 0.3) is 6.08 Å². The van der Waals surface area contributed by atoms with E-state index in [0.717, 1.165) is 30.1 Å². The van der Waals surface area contributed by atoms with Crippen molar-refractivity contribution in [3.63, 3.8) is 0 Å². The summed E-state index contributed by atoms with van der Waals surface area (Å²) >= 11 is 0. The topological polar surface area (TPSA) is 51.2 Å². The van der Waals surface area contributed by atoms with Crippen LogP contribution in [0.15, 0.2) is 48.5 Å². The average molecular weight is 411 g/mol. The maximum atomic E-state index is 12.6. The number of para-hydroxylation sites is 2. The van der Waals surface area contributed by atoms with E-state index >= 15 is 0 Å². The molecular formula is C24H30N2O4. The van der Waals surface area contributed by atoms with Crippen LogP contribution >= 0.6 is 0 Å². The van der Waals surface area contributed by atoms with Crippen molar-refractivity contribution in [2.75, 3.05) is 51.4 Å². The van der Waals surface area contributed by atoms with Crippen molar-refractivity contribution in [1.82, 2.24) is 4.90 Å². The van der Waals surface area contributed by atoms with Crippen LogP contribution in [0.2, 0.25) is 0 Å². The highest BCUT2D eigenvalue weighted by molar-refractivity contribution is 5.92. The van der Waals surface area contributed by atoms with Gasteiger partial charge in [-0.25, -0.2) is 0 Å². The van der Waals surface area contributed by atoms with E-state index in [1.807, 2.05) is 61.2 Å². The number of hydrogen-bond acceptors (Lipinski definition) is 5. The first-order valence-electron chi connectivity index (χ1n) is 10.4. The van der Waals surface area contributed by atoms with Gasteiger partial charge in [0.25, 0.3) is 0 Å². The summed E-state index contributed by atoms with van der Waals surface area (Å²) < 4.78 is 16.7. The molecule has 1 amide bonds. The summed E-state index contributed by atoms with van der Waals surface area (Å²) in [5, 5.41) is 0. The third kappa shape index (κ3) is 5.26. The van der Waals surface area contributed by atoms with Gasteiger partial charge in [-0.15, -0.1) is 0 Å². The lowest BCUT2D eigenvalue weighted by Gasteiger charge is -2.36. The van der Waals surface area contributed by atoms with E-state index in [-0.39, 0.29) is 5.91 Å². The standard InChI is InChI=1S/C24H30N2O4/c1-4-29-21-9-7-6-8-20(21)25-14-16-26(17-15-25)24(27)13-11-19-10-12-22(30-5-2)23(18-19)28-3/h6-13,18H,4-5,14-17H2,1-3H3/b13-11+. The third-order valence-corrected chi connectivity index (χ3v) is 5.00. The summed E-state index contributed by atoms with van der Waals surface area (Å²) in [6.07, 6.45) is 3.44. The van der Waals surface area contributed by atoms with Gasteiger partial charge < -0.3 is 24.0 Å². The molecule has 6 heteroatoms. The highest BCUT2D eigenvalue weighted by Gasteiger charge is 2.21. The van der Waals surface area contributed by atoms with Gasteiger partial charge >= 0.3 is 0 Å². The molecule has 6 nitrogen and oxygen atoms in total. The molecule has 0 unspecified atom stereocenters. The van der Waals surface area contributed by atoms with E-state index in [4.69, 9.17) is 14.2 Å². The quantitative estimate of drug-likeness (QED) is 0.619. The Balaban J connectivity index is 1.59. The average Bonchev–Trinajstić information content (AvgIpc) is 2.79. The second kappa shape index (κ2) is 10.6. The van der Waals surface area contributed by atoms with Crippen LogP contribution in [-0.2, 0) is 4.79 Å². The van der Waals surface area contributed by atoms with Crippen molar-refractivity contribution in [2.45, 2.75) is 13.8 Å². The fourth-order valence-corrected chi connectivity index (χ4v) is 3.50. The summed E-state index contributed by atoms with van der Waals surface area (Å²) in [4.78, 5) is 16.8. The molecule has 0 bridgehead atoms. The molecule has 160 valence electrons. The van der Waals surface area contributed by atoms with E-state index in [1.165, 1.54) is 0 Å². The minimum atomic E-state index is 0.0144. The van der Waals surface area contributed by atoms with E-state index < -0.39 is 0 Å². The van der Waals surface area contributed by atoms with Crippen molar-refractivity contribution in [3.05, 3.63) is 54.1 Å². The predicted molar refractivity (Wildman–Crippen MR) is 120 cm³/mol. The molecule has 0 saturated carbocycles. The van der Waals surface area contributed by atoms with E-state index in [9.17, 15) is 4.79 Å². The summed E-state index contributed by atoms with van der Waals surface area (Å²) in [6, 6.07) is 13.7. The van der Waals surface area contributed by atoms with Crippen LogP contribution in [0.3, 0.4) is 0 Å². The highest BCUT2D eigenvalue weighted by atomic mass is 16.5. The number of carbonyl (C=O) groups is 1. The Morgan fingerprint density at radius 1 is 0.933 bits per heavy atom. The first-order valence-corrected chi connectivity index (χ1v) is 10.4. The number of benzene rings is 2. The number of piperazine rings is 1. The van der Waals surface area contributed by atoms with Crippen LogP contribution < -0.4 is 19.1 Å². The fourth-order valence-electron chi connectivity index (χ4n) is 3.50. The van der Waals surface area contributed by atoms with Gasteiger partial charge in [-0.2, -0.15) is 0 Å². The number of amides is 1. The fraction of sp³-hybridized carbons (Fsp3) is 0.375. The van der Waals surface area contributed by atoms with Crippen LogP contribution in [0.4, 0.5) is 5.69 Å². The maximum Gasteiger partial charge on any atom is 0.246 e. The molecule has 0 N–H and O–H groups in total. The zero-order valence-corrected chi connectivity index (χ0v) is 18.0. The Hall–Kier alpha value is -3.15. The molecule has 0 radical (unpaired) electrons. The largest absolute Gasteiger partial charge is 0.493 e. The minimum Gasteiger partial charge on any atom is -0.493 e. The molecule has 0 spiro atoms. The minimum absolute atomic E-state index is 0.0144. The molecule has 2 aromatic rings. The van der Waals surface area contributed by atoms with Gasteiger partial charge in [0.05, 0.1) is 26.0 Å². The first kappa shape index (κ1) is 21.6. The van der Waals surface area contributed by atoms with Crippen molar-refractivity contribution in [1.29, 1.82) is 0 Å². The number of ether oxygens (including phenoxy) is 3. The Bertz CT molecular complexity index is 873. The van der Waals surface area contributed by atoms with Gasteiger partial charge in [0, 0.05) is 32.3 Å². The summed E-state index contributed by atoms with van der Waals surface area (Å²) in [5.41, 5.74) is 1.98. The number of hydrogen-bond donors (Lipinski definition) is 0. The number of carbonyl (C=O) groups excluding carboxylic acids is 1. The lowest BCUT2D eigenvalue weighted by Crippen LogP contribution is -2.48. The predicted octanol–water partition coefficient (Wildman–Crippen LogP) is 3.85. The monoisotopic (exact) mass is 410 g/mol. The second-order valence-corrected chi connectivity index (χ2v) is 6.89. The smallest absolute Gasteiger partial charge is 0.246 e. The van der Waals surface area contributed by atoms with Crippen LogP contribution in [-0.4, -0.2) is 57.3 Å². The van der Waals surface area contributed by atoms with Crippen LogP contribution in [0.5, 0.6) is 17.2 Å². The highest BCUT2D eigenvalue weighted by Crippen LogP contribution is 2.30. The lowest BCUT2D eigenvalue weighted by atomic mass is 10.1. The summed E-state index contributed by atoms with van der Waals surface area (Å²) in [7, 11) is 1.61. The Kier molecular flexibility index (Phi) is 7.60. The van der Waals surface area contributed by atoms with E-state index in [0.29, 0.717) is 37.8 Å². The SMILES string of the molecule is CCOc1ccc(/C=C/C(=O)N2CCN(c3ccccc3OCC)CC2)cc1OC. The summed E-state index contributed by atoms with van der Waals surface area (Å²) in [5.74, 6) is 2.27. The Labute approximate surface area is 178 Å². The van der Waals surface area contributed by atoms with Crippen molar-refractivity contribution in [3.8, 4) is 17.2 Å². The molecule has 1 aliphatic heterocycles. The zero-order chi connectivity index (χ0) is 21.3. The number of methoxy groups -OCH3 is 1. The maximum absolute atomic E-state index is 12.6. The molecule has 0 aromatic heterocycles. The van der Waals surface area contributed by atoms with Gasteiger partial charge in [0.2, 0.25) is 5.91 Å². The molecule has 1 heterocycles. The molecule has 3 rings (SSSR count). The van der Waals surface area contributed by atoms with Gasteiger partial charge in [-0.1, -0.05) is 18.2 Å². The van der Waals surface area contributed by atoms with Gasteiger partial charge in [0.15, 0.2) is 11.5 Å². The van der Waals surface area contributed by atoms with Crippen molar-refractivity contribution < 1.29 is 19.0 Å². The third-order valence-electron chi connectivity index (χ3n) is 5.00. The molecule has 1 fully saturated rings. The van der Waals surface area contributed by atoms with Crippen LogP contribution in [0, 0.1) is 0 Å². The molecule has 1 saturated heterocycles. The number of nitrogens with zero attached hydrogens (tertiary/aromatic N) is 2. The van der Waals surface area contributed by atoms with Gasteiger partial charge in [0.1, 0.15) is 5.75 Å². The van der Waals surface area contributed by atoms with Gasteiger partial charge in [-0.3, -0.25) is 4.79 Å². The zero-order valence-electron chi connectivity index (χ0n) is 18.0. The Morgan fingerprint density at radius 2 is 1.63 bits per heavy atom. The number of anilines is 1. The van der Waals surface area contributed by atoms with Crippen LogP contribution in [0.1, 0.15) is 19.4 Å². The molecule has 2 aromatic carbocycles. The number of rotatable bonds is 8. The van der Waals surface area contributed by atoms with Gasteiger partial charge in [-0.05, 0) is 49.8 Å². The molecular weight excluding hydrogens is 380 g/mol. The Morgan fingerprint density at radius 3 is 2.33 bits per heavy atom. The molecule has 1 aliphatic rings. The lowest BCUT2D eigenvalue weighted by molar-refractivity contribution is -0.126. The van der Waals surface area contributed by atoms with E-state index in [2.05, 4.69) is 11.0 Å². The van der Waals surface area contributed by atoms with Crippen molar-refractivity contribution in [2.24, 2.45) is 0 Å². The second-order valence-electron chi connectivity index (χ2n) is 6.89. The molecule has 30 heavy (non-hydrogen) atoms. The first-order chi connectivity index (χ1) is 14.7. The van der Waals surface area contributed by atoms with Crippen molar-refractivity contribution >= 4 is 17.7 Å². The normalized spacial score (nSPS) is 14.1. The van der Waals surface area contributed by atoms with E-state index in [1.54, 1.807) is 13.2 Å². The summed E-state index contributed by atoms with van der Waals surface area (Å²) in [6.45, 7) is 8.04. The molecule has 0 atom stereocenters. The molecule has 0 aliphatic carbocycles.